The summed E-state index contributed by atoms with van der Waals surface area (Å²) in [7, 11) is 0. The molecule has 110 valence electrons. The van der Waals surface area contributed by atoms with E-state index in [0.29, 0.717) is 0 Å². The standard InChI is InChI=1S/C17H18BrNOS/c1-3-19(4-2)15-8-5-13(6-9-15)7-10-16(20)17-11-14(18)12-21-17/h5-12H,3-4H2,1-2H3/b10-7+. The van der Waals surface area contributed by atoms with Gasteiger partial charge in [0.2, 0.25) is 0 Å². The normalized spacial score (nSPS) is 11.0. The largest absolute Gasteiger partial charge is 0.372 e. The molecule has 2 aromatic rings. The van der Waals surface area contributed by atoms with Crippen LogP contribution < -0.4 is 4.90 Å². The van der Waals surface area contributed by atoms with Crippen LogP contribution in [-0.4, -0.2) is 18.9 Å². The quantitative estimate of drug-likeness (QED) is 0.515. The summed E-state index contributed by atoms with van der Waals surface area (Å²) in [6.07, 6.45) is 3.49. The Morgan fingerprint density at radius 2 is 1.90 bits per heavy atom. The Labute approximate surface area is 138 Å². The summed E-state index contributed by atoms with van der Waals surface area (Å²) < 4.78 is 0.952. The minimum Gasteiger partial charge on any atom is -0.372 e. The van der Waals surface area contributed by atoms with Crippen LogP contribution in [0.1, 0.15) is 29.1 Å². The fraction of sp³-hybridized carbons (Fsp3) is 0.235. The fourth-order valence-electron chi connectivity index (χ4n) is 2.08. The topological polar surface area (TPSA) is 20.3 Å². The lowest BCUT2D eigenvalue weighted by Gasteiger charge is -2.20. The average molecular weight is 364 g/mol. The van der Waals surface area contributed by atoms with Gasteiger partial charge in [0.25, 0.3) is 0 Å². The third kappa shape index (κ3) is 4.29. The molecule has 4 heteroatoms. The van der Waals surface area contributed by atoms with Crippen LogP contribution in [0, 0.1) is 0 Å². The minimum absolute atomic E-state index is 0.0403. The molecule has 1 heterocycles. The van der Waals surface area contributed by atoms with Gasteiger partial charge in [-0.1, -0.05) is 18.2 Å². The van der Waals surface area contributed by atoms with E-state index >= 15 is 0 Å². The molecule has 0 unspecified atom stereocenters. The van der Waals surface area contributed by atoms with Crippen LogP contribution in [0.4, 0.5) is 5.69 Å². The lowest BCUT2D eigenvalue weighted by molar-refractivity contribution is 0.105. The van der Waals surface area contributed by atoms with Gasteiger partial charge in [-0.15, -0.1) is 11.3 Å². The number of benzene rings is 1. The molecule has 0 saturated carbocycles. The summed E-state index contributed by atoms with van der Waals surface area (Å²) in [6.45, 7) is 6.29. The van der Waals surface area contributed by atoms with E-state index < -0.39 is 0 Å². The number of halogens is 1. The minimum atomic E-state index is 0.0403. The van der Waals surface area contributed by atoms with Crippen molar-refractivity contribution in [3.05, 3.63) is 56.7 Å². The molecule has 0 radical (unpaired) electrons. The van der Waals surface area contributed by atoms with Crippen molar-refractivity contribution in [3.8, 4) is 0 Å². The van der Waals surface area contributed by atoms with E-state index in [1.807, 2.05) is 29.7 Å². The molecule has 0 aliphatic heterocycles. The Morgan fingerprint density at radius 1 is 1.24 bits per heavy atom. The van der Waals surface area contributed by atoms with Crippen LogP contribution in [0.15, 0.2) is 46.3 Å². The molecular weight excluding hydrogens is 346 g/mol. The molecule has 2 rings (SSSR count). The molecule has 0 saturated heterocycles. The van der Waals surface area contributed by atoms with Crippen LogP contribution in [0.5, 0.6) is 0 Å². The summed E-state index contributed by atoms with van der Waals surface area (Å²) in [5.41, 5.74) is 2.25. The van der Waals surface area contributed by atoms with Crippen molar-refractivity contribution in [3.63, 3.8) is 0 Å². The highest BCUT2D eigenvalue weighted by molar-refractivity contribution is 9.10. The predicted molar refractivity (Wildman–Crippen MR) is 95.4 cm³/mol. The average Bonchev–Trinajstić information content (AvgIpc) is 2.94. The second kappa shape index (κ2) is 7.57. The molecule has 1 aromatic carbocycles. The zero-order chi connectivity index (χ0) is 15.2. The highest BCUT2D eigenvalue weighted by Crippen LogP contribution is 2.21. The summed E-state index contributed by atoms with van der Waals surface area (Å²) >= 11 is 4.81. The highest BCUT2D eigenvalue weighted by atomic mass is 79.9. The summed E-state index contributed by atoms with van der Waals surface area (Å²) in [5, 5.41) is 1.92. The van der Waals surface area contributed by atoms with Crippen molar-refractivity contribution in [1.82, 2.24) is 0 Å². The molecule has 0 spiro atoms. The Morgan fingerprint density at radius 3 is 2.43 bits per heavy atom. The smallest absolute Gasteiger partial charge is 0.195 e. The maximum Gasteiger partial charge on any atom is 0.195 e. The van der Waals surface area contributed by atoms with Crippen LogP contribution in [0.3, 0.4) is 0 Å². The number of anilines is 1. The first-order chi connectivity index (χ1) is 10.1. The number of nitrogens with zero attached hydrogens (tertiary/aromatic N) is 1. The third-order valence-corrected chi connectivity index (χ3v) is 4.96. The zero-order valence-corrected chi connectivity index (χ0v) is 14.6. The molecule has 1 aromatic heterocycles. The molecule has 2 nitrogen and oxygen atoms in total. The first-order valence-electron chi connectivity index (χ1n) is 6.95. The summed E-state index contributed by atoms with van der Waals surface area (Å²) in [6, 6.07) is 10.1. The monoisotopic (exact) mass is 363 g/mol. The SMILES string of the molecule is CCN(CC)c1ccc(/C=C/C(=O)c2cc(Br)cs2)cc1. The maximum absolute atomic E-state index is 12.0. The van der Waals surface area contributed by atoms with E-state index in [1.54, 1.807) is 6.08 Å². The molecule has 0 amide bonds. The number of carbonyl (C=O) groups excluding carboxylic acids is 1. The number of allylic oxidation sites excluding steroid dienone is 1. The van der Waals surface area contributed by atoms with Gasteiger partial charge >= 0.3 is 0 Å². The predicted octanol–water partition coefficient (Wildman–Crippen LogP) is 5.25. The molecule has 0 bridgehead atoms. The Kier molecular flexibility index (Phi) is 5.76. The third-order valence-electron chi connectivity index (χ3n) is 3.26. The van der Waals surface area contributed by atoms with Gasteiger partial charge in [-0.2, -0.15) is 0 Å². The van der Waals surface area contributed by atoms with E-state index in [2.05, 4.69) is 46.8 Å². The molecule has 0 N–H and O–H groups in total. The van der Waals surface area contributed by atoms with Gasteiger partial charge in [0.05, 0.1) is 4.88 Å². The molecule has 0 aliphatic rings. The Balaban J connectivity index is 2.06. The van der Waals surface area contributed by atoms with Crippen molar-refractivity contribution in [2.45, 2.75) is 13.8 Å². The van der Waals surface area contributed by atoms with Crippen LogP contribution >= 0.6 is 27.3 Å². The highest BCUT2D eigenvalue weighted by Gasteiger charge is 2.05. The van der Waals surface area contributed by atoms with Gasteiger partial charge in [-0.05, 0) is 59.6 Å². The van der Waals surface area contributed by atoms with Crippen molar-refractivity contribution in [2.75, 3.05) is 18.0 Å². The second-order valence-electron chi connectivity index (χ2n) is 4.59. The summed E-state index contributed by atoms with van der Waals surface area (Å²) in [4.78, 5) is 15.0. The van der Waals surface area contributed by atoms with Gasteiger partial charge in [-0.3, -0.25) is 4.79 Å². The van der Waals surface area contributed by atoms with Crippen LogP contribution in [0.2, 0.25) is 0 Å². The maximum atomic E-state index is 12.0. The first kappa shape index (κ1) is 16.0. The fourth-order valence-corrected chi connectivity index (χ4v) is 3.43. The van der Waals surface area contributed by atoms with E-state index in [-0.39, 0.29) is 5.78 Å². The van der Waals surface area contributed by atoms with Crippen molar-refractivity contribution >= 4 is 44.8 Å². The van der Waals surface area contributed by atoms with Gasteiger partial charge in [-0.25, -0.2) is 0 Å². The molecule has 0 fully saturated rings. The van der Waals surface area contributed by atoms with E-state index in [1.165, 1.54) is 17.0 Å². The Bertz CT molecular complexity index is 626. The molecule has 21 heavy (non-hydrogen) atoms. The van der Waals surface area contributed by atoms with Crippen molar-refractivity contribution in [2.24, 2.45) is 0 Å². The lowest BCUT2D eigenvalue weighted by atomic mass is 10.1. The lowest BCUT2D eigenvalue weighted by Crippen LogP contribution is -2.21. The first-order valence-corrected chi connectivity index (χ1v) is 8.62. The number of hydrogen-bond acceptors (Lipinski definition) is 3. The van der Waals surface area contributed by atoms with Crippen molar-refractivity contribution in [1.29, 1.82) is 0 Å². The van der Waals surface area contributed by atoms with Crippen molar-refractivity contribution < 1.29 is 4.79 Å². The van der Waals surface area contributed by atoms with Gasteiger partial charge in [0.15, 0.2) is 5.78 Å². The van der Waals surface area contributed by atoms with E-state index in [4.69, 9.17) is 0 Å². The Hall–Kier alpha value is -1.39. The van der Waals surface area contributed by atoms with Gasteiger partial charge in [0, 0.05) is 28.6 Å². The van der Waals surface area contributed by atoms with E-state index in [0.717, 1.165) is 28.0 Å². The van der Waals surface area contributed by atoms with Crippen LogP contribution in [0.25, 0.3) is 6.08 Å². The molecule has 0 atom stereocenters. The number of ketones is 1. The molecular formula is C17H18BrNOS. The summed E-state index contributed by atoms with van der Waals surface area (Å²) in [5.74, 6) is 0.0403. The van der Waals surface area contributed by atoms with E-state index in [9.17, 15) is 4.79 Å². The van der Waals surface area contributed by atoms with Crippen LogP contribution in [-0.2, 0) is 0 Å². The number of rotatable bonds is 6. The zero-order valence-electron chi connectivity index (χ0n) is 12.2. The van der Waals surface area contributed by atoms with Gasteiger partial charge in [0.1, 0.15) is 0 Å². The number of carbonyl (C=O) groups is 1. The second-order valence-corrected chi connectivity index (χ2v) is 6.42. The molecule has 0 aliphatic carbocycles. The number of thiophene rings is 1. The van der Waals surface area contributed by atoms with Gasteiger partial charge < -0.3 is 4.90 Å². The number of hydrogen-bond donors (Lipinski definition) is 0.